The Kier molecular flexibility index (Phi) is 6.85. The summed E-state index contributed by atoms with van der Waals surface area (Å²) >= 11 is 4.66. The van der Waals surface area contributed by atoms with Crippen molar-refractivity contribution in [2.45, 2.75) is 0 Å². The van der Waals surface area contributed by atoms with Crippen LogP contribution < -0.4 is 25.4 Å². The number of ether oxygens (including phenoxy) is 3. The summed E-state index contributed by atoms with van der Waals surface area (Å²) in [5.74, 6) is 2.14. The quantitative estimate of drug-likeness (QED) is 0.331. The highest BCUT2D eigenvalue weighted by molar-refractivity contribution is 7.80. The van der Waals surface area contributed by atoms with Crippen molar-refractivity contribution < 1.29 is 14.2 Å². The lowest BCUT2D eigenvalue weighted by Gasteiger charge is -2.11. The molecule has 6 nitrogen and oxygen atoms in total. The van der Waals surface area contributed by atoms with Gasteiger partial charge in [0.15, 0.2) is 16.6 Å². The van der Waals surface area contributed by atoms with Gasteiger partial charge in [-0.3, -0.25) is 5.43 Å². The molecule has 0 aromatic heterocycles. The molecule has 24 heavy (non-hydrogen) atoms. The van der Waals surface area contributed by atoms with Gasteiger partial charge in [-0.15, -0.1) is 0 Å². The second-order valence-electron chi connectivity index (χ2n) is 4.65. The van der Waals surface area contributed by atoms with Crippen molar-refractivity contribution in [3.05, 3.63) is 54.1 Å². The zero-order chi connectivity index (χ0) is 17.2. The molecule has 0 fully saturated rings. The molecule has 0 bridgehead atoms. The third-order valence-corrected chi connectivity index (χ3v) is 3.04. The molecule has 0 saturated carbocycles. The fourth-order valence-electron chi connectivity index (χ4n) is 1.87. The fourth-order valence-corrected chi connectivity index (χ4v) is 1.92. The molecule has 0 aliphatic heterocycles. The van der Waals surface area contributed by atoms with Crippen LogP contribution in [0.15, 0.2) is 53.6 Å². The maximum absolute atomic E-state index is 5.65. The van der Waals surface area contributed by atoms with Gasteiger partial charge in [0.25, 0.3) is 0 Å². The van der Waals surface area contributed by atoms with Crippen molar-refractivity contribution >= 4 is 23.5 Å². The summed E-state index contributed by atoms with van der Waals surface area (Å²) in [4.78, 5) is 0. The van der Waals surface area contributed by atoms with Gasteiger partial charge in [-0.25, -0.2) is 0 Å². The Balaban J connectivity index is 1.76. The lowest BCUT2D eigenvalue weighted by Crippen LogP contribution is -2.23. The van der Waals surface area contributed by atoms with Crippen LogP contribution in [0, 0.1) is 0 Å². The number of hydrazone groups is 1. The van der Waals surface area contributed by atoms with E-state index in [-0.39, 0.29) is 5.11 Å². The Morgan fingerprint density at radius 2 is 1.75 bits per heavy atom. The summed E-state index contributed by atoms with van der Waals surface area (Å²) < 4.78 is 16.5. The van der Waals surface area contributed by atoms with Crippen LogP contribution in [-0.4, -0.2) is 31.7 Å². The third-order valence-electron chi connectivity index (χ3n) is 2.95. The first-order valence-electron chi connectivity index (χ1n) is 7.26. The van der Waals surface area contributed by atoms with E-state index in [2.05, 4.69) is 22.7 Å². The van der Waals surface area contributed by atoms with E-state index in [1.165, 1.54) is 0 Å². The molecule has 3 N–H and O–H groups in total. The Hall–Kier alpha value is -2.80. The van der Waals surface area contributed by atoms with Crippen LogP contribution in [0.1, 0.15) is 5.56 Å². The summed E-state index contributed by atoms with van der Waals surface area (Å²) in [6, 6.07) is 14.9. The van der Waals surface area contributed by atoms with Gasteiger partial charge in [-0.05, 0) is 54.2 Å². The minimum atomic E-state index is 0.126. The van der Waals surface area contributed by atoms with Gasteiger partial charge in [0.1, 0.15) is 19.0 Å². The summed E-state index contributed by atoms with van der Waals surface area (Å²) in [5.41, 5.74) is 8.67. The van der Waals surface area contributed by atoms with Crippen molar-refractivity contribution in [3.63, 3.8) is 0 Å². The average Bonchev–Trinajstić information content (AvgIpc) is 2.60. The second-order valence-corrected chi connectivity index (χ2v) is 5.09. The lowest BCUT2D eigenvalue weighted by atomic mass is 10.2. The molecule has 2 aromatic carbocycles. The zero-order valence-electron chi connectivity index (χ0n) is 13.3. The van der Waals surface area contributed by atoms with Crippen LogP contribution in [0.25, 0.3) is 0 Å². The number of benzene rings is 2. The average molecular weight is 345 g/mol. The molecule has 0 saturated heterocycles. The van der Waals surface area contributed by atoms with Crippen LogP contribution in [0.2, 0.25) is 0 Å². The number of thiocarbonyl (C=S) groups is 1. The van der Waals surface area contributed by atoms with Crippen molar-refractivity contribution in [2.24, 2.45) is 10.8 Å². The predicted octanol–water partition coefficient (Wildman–Crippen LogP) is 2.32. The highest BCUT2D eigenvalue weighted by Gasteiger charge is 2.02. The number of para-hydroxylation sites is 2. The van der Waals surface area contributed by atoms with Crippen molar-refractivity contribution in [2.75, 3.05) is 20.3 Å². The number of nitrogens with zero attached hydrogens (tertiary/aromatic N) is 1. The topological polar surface area (TPSA) is 78.1 Å². The molecule has 0 aliphatic rings. The van der Waals surface area contributed by atoms with E-state index in [0.717, 1.165) is 11.3 Å². The molecule has 2 aromatic rings. The number of nitrogens with two attached hydrogens (primary N) is 1. The first-order chi connectivity index (χ1) is 11.7. The molecular weight excluding hydrogens is 326 g/mol. The zero-order valence-corrected chi connectivity index (χ0v) is 14.1. The summed E-state index contributed by atoms with van der Waals surface area (Å²) in [6.45, 7) is 0.843. The van der Waals surface area contributed by atoms with Gasteiger partial charge in [-0.1, -0.05) is 12.1 Å². The Labute approximate surface area is 146 Å². The normalized spacial score (nSPS) is 10.4. The SMILES string of the molecule is COc1ccccc1OCCOc1ccc(/C=N\NC(N)=S)cc1. The van der Waals surface area contributed by atoms with E-state index < -0.39 is 0 Å². The highest BCUT2D eigenvalue weighted by atomic mass is 32.1. The molecule has 0 unspecified atom stereocenters. The van der Waals surface area contributed by atoms with Crippen LogP contribution in [0.4, 0.5) is 0 Å². The van der Waals surface area contributed by atoms with E-state index >= 15 is 0 Å². The first-order valence-corrected chi connectivity index (χ1v) is 7.67. The highest BCUT2D eigenvalue weighted by Crippen LogP contribution is 2.25. The Morgan fingerprint density at radius 1 is 1.08 bits per heavy atom. The number of nitrogens with one attached hydrogen (secondary N) is 1. The molecule has 2 rings (SSSR count). The Bertz CT molecular complexity index is 690. The van der Waals surface area contributed by atoms with E-state index in [4.69, 9.17) is 19.9 Å². The molecule has 126 valence electrons. The summed E-state index contributed by atoms with van der Waals surface area (Å²) in [7, 11) is 1.61. The van der Waals surface area contributed by atoms with Crippen molar-refractivity contribution in [1.82, 2.24) is 5.43 Å². The van der Waals surface area contributed by atoms with E-state index in [9.17, 15) is 0 Å². The molecule has 0 radical (unpaired) electrons. The first kappa shape index (κ1) is 17.6. The minimum absolute atomic E-state index is 0.126. The molecule has 0 amide bonds. The second kappa shape index (κ2) is 9.36. The Morgan fingerprint density at radius 3 is 2.42 bits per heavy atom. The fraction of sp³-hybridized carbons (Fsp3) is 0.176. The van der Waals surface area contributed by atoms with Gasteiger partial charge in [-0.2, -0.15) is 5.10 Å². The predicted molar refractivity (Wildman–Crippen MR) is 97.9 cm³/mol. The van der Waals surface area contributed by atoms with Gasteiger partial charge in [0.2, 0.25) is 0 Å². The minimum Gasteiger partial charge on any atom is -0.493 e. The number of methoxy groups -OCH3 is 1. The van der Waals surface area contributed by atoms with E-state index in [1.54, 1.807) is 13.3 Å². The van der Waals surface area contributed by atoms with Crippen LogP contribution in [0.3, 0.4) is 0 Å². The van der Waals surface area contributed by atoms with Crippen LogP contribution >= 0.6 is 12.2 Å². The molecule has 0 spiro atoms. The third kappa shape index (κ3) is 5.77. The molecular formula is C17H19N3O3S. The van der Waals surface area contributed by atoms with Crippen LogP contribution in [0.5, 0.6) is 17.2 Å². The molecule has 7 heteroatoms. The number of rotatable bonds is 8. The van der Waals surface area contributed by atoms with E-state index in [1.807, 2.05) is 48.5 Å². The molecule has 0 heterocycles. The van der Waals surface area contributed by atoms with Crippen LogP contribution in [-0.2, 0) is 0 Å². The molecule has 0 atom stereocenters. The number of hydrogen-bond donors (Lipinski definition) is 2. The van der Waals surface area contributed by atoms with E-state index in [0.29, 0.717) is 24.7 Å². The lowest BCUT2D eigenvalue weighted by molar-refractivity contribution is 0.211. The van der Waals surface area contributed by atoms with Gasteiger partial charge < -0.3 is 19.9 Å². The van der Waals surface area contributed by atoms with Gasteiger partial charge in [0.05, 0.1) is 13.3 Å². The number of hydrogen-bond acceptors (Lipinski definition) is 5. The maximum Gasteiger partial charge on any atom is 0.184 e. The summed E-state index contributed by atoms with van der Waals surface area (Å²) in [6.07, 6.45) is 1.62. The maximum atomic E-state index is 5.65. The van der Waals surface area contributed by atoms with Crippen molar-refractivity contribution in [1.29, 1.82) is 0 Å². The van der Waals surface area contributed by atoms with Gasteiger partial charge >= 0.3 is 0 Å². The van der Waals surface area contributed by atoms with Gasteiger partial charge in [0, 0.05) is 0 Å². The summed E-state index contributed by atoms with van der Waals surface area (Å²) in [5, 5.41) is 4.01. The van der Waals surface area contributed by atoms with Crippen molar-refractivity contribution in [3.8, 4) is 17.2 Å². The standard InChI is InChI=1S/C17H19N3O3S/c1-21-15-4-2-3-5-16(15)23-11-10-22-14-8-6-13(7-9-14)12-19-20-17(18)24/h2-9,12H,10-11H2,1H3,(H3,18,20,24)/b19-12-. The molecule has 0 aliphatic carbocycles. The monoisotopic (exact) mass is 345 g/mol. The largest absolute Gasteiger partial charge is 0.493 e. The smallest absolute Gasteiger partial charge is 0.184 e.